The quantitative estimate of drug-likeness (QED) is 0.921. The number of hydrogen-bond donors (Lipinski definition) is 1. The Bertz CT molecular complexity index is 862. The molecule has 2 amide bonds. The number of hydrogen-bond acceptors (Lipinski definition) is 3. The molecule has 0 aliphatic carbocycles. The van der Waals surface area contributed by atoms with E-state index < -0.39 is 11.7 Å². The third-order valence-electron chi connectivity index (χ3n) is 4.83. The zero-order valence-corrected chi connectivity index (χ0v) is 14.2. The summed E-state index contributed by atoms with van der Waals surface area (Å²) >= 11 is 0. The van der Waals surface area contributed by atoms with Gasteiger partial charge in [0.1, 0.15) is 11.9 Å². The monoisotopic (exact) mass is 354 g/mol. The number of carbonyl (C=O) groups is 2. The number of nitrogens with zero attached hydrogens (tertiary/aromatic N) is 1. The first-order valence-corrected chi connectivity index (χ1v) is 8.75. The van der Waals surface area contributed by atoms with Crippen molar-refractivity contribution in [3.05, 3.63) is 59.4 Å². The first kappa shape index (κ1) is 16.7. The average Bonchev–Trinajstić information content (AvgIpc) is 3.31. The number of carbonyl (C=O) groups excluding carboxylic acids is 2. The lowest BCUT2D eigenvalue weighted by Crippen LogP contribution is -2.37. The van der Waals surface area contributed by atoms with E-state index in [1.807, 2.05) is 6.07 Å². The third kappa shape index (κ3) is 3.08. The second-order valence-corrected chi connectivity index (χ2v) is 6.52. The van der Waals surface area contributed by atoms with Crippen molar-refractivity contribution in [3.8, 4) is 0 Å². The molecule has 0 aromatic heterocycles. The molecule has 0 saturated carbocycles. The summed E-state index contributed by atoms with van der Waals surface area (Å²) < 4.78 is 19.3. The summed E-state index contributed by atoms with van der Waals surface area (Å²) in [6.07, 6.45) is 2.04. The second-order valence-electron chi connectivity index (χ2n) is 6.52. The summed E-state index contributed by atoms with van der Waals surface area (Å²) in [7, 11) is 0. The van der Waals surface area contributed by atoms with Crippen LogP contribution >= 0.6 is 0 Å². The van der Waals surface area contributed by atoms with E-state index in [2.05, 4.69) is 5.32 Å². The molecule has 0 spiro atoms. The average molecular weight is 354 g/mol. The van der Waals surface area contributed by atoms with Crippen LogP contribution < -0.4 is 10.2 Å². The van der Waals surface area contributed by atoms with E-state index in [9.17, 15) is 14.0 Å². The Hall–Kier alpha value is -2.73. The van der Waals surface area contributed by atoms with Crippen LogP contribution in [0, 0.1) is 5.82 Å². The van der Waals surface area contributed by atoms with Gasteiger partial charge in [0.2, 0.25) is 0 Å². The summed E-state index contributed by atoms with van der Waals surface area (Å²) in [5.41, 5.74) is 2.36. The molecule has 1 saturated heterocycles. The van der Waals surface area contributed by atoms with Gasteiger partial charge in [0, 0.05) is 24.5 Å². The normalized spacial score (nSPS) is 18.7. The molecule has 4 rings (SSSR count). The zero-order chi connectivity index (χ0) is 18.1. The van der Waals surface area contributed by atoms with Gasteiger partial charge in [0.15, 0.2) is 0 Å². The van der Waals surface area contributed by atoms with Gasteiger partial charge in [-0.15, -0.1) is 0 Å². The minimum absolute atomic E-state index is 0.0136. The highest BCUT2D eigenvalue weighted by atomic mass is 19.1. The molecule has 2 aromatic rings. The molecule has 0 bridgehead atoms. The van der Waals surface area contributed by atoms with Crippen LogP contribution in [0.3, 0.4) is 0 Å². The molecule has 2 aromatic carbocycles. The van der Waals surface area contributed by atoms with Gasteiger partial charge < -0.3 is 15.0 Å². The summed E-state index contributed by atoms with van der Waals surface area (Å²) in [6, 6.07) is 11.3. The molecular formula is C20H19FN2O3. The summed E-state index contributed by atoms with van der Waals surface area (Å²) in [5.74, 6) is -1.11. The fraction of sp³-hybridized carbons (Fsp3) is 0.300. The molecule has 1 unspecified atom stereocenters. The van der Waals surface area contributed by atoms with Gasteiger partial charge in [-0.2, -0.15) is 0 Å². The maximum atomic E-state index is 13.8. The number of halogens is 1. The molecule has 2 aliphatic heterocycles. The lowest BCUT2D eigenvalue weighted by atomic mass is 10.1. The highest BCUT2D eigenvalue weighted by Gasteiger charge is 2.32. The van der Waals surface area contributed by atoms with Crippen molar-refractivity contribution < 1.29 is 18.7 Å². The molecular weight excluding hydrogens is 335 g/mol. The van der Waals surface area contributed by atoms with Crippen LogP contribution in [-0.2, 0) is 16.0 Å². The minimum atomic E-state index is -0.568. The topological polar surface area (TPSA) is 58.6 Å². The molecule has 0 radical (unpaired) electrons. The Morgan fingerprint density at radius 3 is 2.81 bits per heavy atom. The van der Waals surface area contributed by atoms with Crippen LogP contribution in [0.2, 0.25) is 0 Å². The fourth-order valence-corrected chi connectivity index (χ4v) is 3.48. The van der Waals surface area contributed by atoms with Crippen LogP contribution in [0.1, 0.15) is 28.8 Å². The maximum absolute atomic E-state index is 13.8. The van der Waals surface area contributed by atoms with Gasteiger partial charge in [-0.05, 0) is 49.1 Å². The molecule has 2 heterocycles. The molecule has 1 atom stereocenters. The van der Waals surface area contributed by atoms with Gasteiger partial charge in [0.25, 0.3) is 11.8 Å². The van der Waals surface area contributed by atoms with Crippen LogP contribution in [-0.4, -0.2) is 31.1 Å². The van der Waals surface area contributed by atoms with Crippen molar-refractivity contribution in [2.75, 3.05) is 23.4 Å². The van der Waals surface area contributed by atoms with Gasteiger partial charge in [-0.1, -0.05) is 18.2 Å². The second kappa shape index (κ2) is 6.88. The number of fused-ring (bicyclic) bond motifs is 1. The number of ether oxygens (including phenoxy) is 1. The Balaban J connectivity index is 1.55. The van der Waals surface area contributed by atoms with E-state index >= 15 is 0 Å². The number of amides is 2. The first-order chi connectivity index (χ1) is 12.6. The predicted octanol–water partition coefficient (Wildman–Crippen LogP) is 3.15. The maximum Gasteiger partial charge on any atom is 0.258 e. The first-order valence-electron chi connectivity index (χ1n) is 8.75. The van der Waals surface area contributed by atoms with Gasteiger partial charge in [-0.3, -0.25) is 9.59 Å². The van der Waals surface area contributed by atoms with E-state index in [1.54, 1.807) is 23.1 Å². The summed E-state index contributed by atoms with van der Waals surface area (Å²) in [4.78, 5) is 26.7. The largest absolute Gasteiger partial charge is 0.368 e. The van der Waals surface area contributed by atoms with Gasteiger partial charge in [0.05, 0.1) is 5.56 Å². The summed E-state index contributed by atoms with van der Waals surface area (Å²) in [5, 5.41) is 2.71. The molecule has 5 nitrogen and oxygen atoms in total. The van der Waals surface area contributed by atoms with Crippen molar-refractivity contribution in [3.63, 3.8) is 0 Å². The number of anilines is 2. The SMILES string of the molecule is O=C(Nc1ccc2c(c1)N(C(=O)C1CCCO1)CC2)c1ccccc1F. The van der Waals surface area contributed by atoms with Crippen molar-refractivity contribution in [1.82, 2.24) is 0 Å². The van der Waals surface area contributed by atoms with Crippen LogP contribution in [0.25, 0.3) is 0 Å². The van der Waals surface area contributed by atoms with E-state index in [4.69, 9.17) is 4.74 Å². The fourth-order valence-electron chi connectivity index (χ4n) is 3.48. The highest BCUT2D eigenvalue weighted by Crippen LogP contribution is 2.32. The van der Waals surface area contributed by atoms with Gasteiger partial charge >= 0.3 is 0 Å². The number of nitrogens with one attached hydrogen (secondary N) is 1. The standard InChI is InChI=1S/C20H19FN2O3/c21-16-5-2-1-4-15(16)19(24)22-14-8-7-13-9-10-23(17(13)12-14)20(25)18-6-3-11-26-18/h1-2,4-5,7-8,12,18H,3,6,9-11H2,(H,22,24). The van der Waals surface area contributed by atoms with Crippen LogP contribution in [0.15, 0.2) is 42.5 Å². The smallest absolute Gasteiger partial charge is 0.258 e. The number of rotatable bonds is 3. The number of benzene rings is 2. The van der Waals surface area contributed by atoms with Crippen molar-refractivity contribution in [2.45, 2.75) is 25.4 Å². The van der Waals surface area contributed by atoms with E-state index in [1.165, 1.54) is 18.2 Å². The van der Waals surface area contributed by atoms with Crippen molar-refractivity contribution >= 4 is 23.2 Å². The third-order valence-corrected chi connectivity index (χ3v) is 4.83. The predicted molar refractivity (Wildman–Crippen MR) is 95.8 cm³/mol. The Morgan fingerprint density at radius 1 is 1.19 bits per heavy atom. The summed E-state index contributed by atoms with van der Waals surface area (Å²) in [6.45, 7) is 1.23. The van der Waals surface area contributed by atoms with Gasteiger partial charge in [-0.25, -0.2) is 4.39 Å². The molecule has 26 heavy (non-hydrogen) atoms. The minimum Gasteiger partial charge on any atom is -0.368 e. The Morgan fingerprint density at radius 2 is 2.04 bits per heavy atom. The Kier molecular flexibility index (Phi) is 4.42. The molecule has 134 valence electrons. The van der Waals surface area contributed by atoms with Crippen molar-refractivity contribution in [1.29, 1.82) is 0 Å². The van der Waals surface area contributed by atoms with E-state index in [0.29, 0.717) is 18.8 Å². The lowest BCUT2D eigenvalue weighted by molar-refractivity contribution is -0.127. The molecule has 6 heteroatoms. The molecule has 1 fully saturated rings. The van der Waals surface area contributed by atoms with E-state index in [-0.39, 0.29) is 17.6 Å². The van der Waals surface area contributed by atoms with Crippen LogP contribution in [0.5, 0.6) is 0 Å². The highest BCUT2D eigenvalue weighted by molar-refractivity contribution is 6.05. The zero-order valence-electron chi connectivity index (χ0n) is 14.2. The lowest BCUT2D eigenvalue weighted by Gasteiger charge is -2.21. The van der Waals surface area contributed by atoms with Crippen molar-refractivity contribution in [2.24, 2.45) is 0 Å². The van der Waals surface area contributed by atoms with Crippen LogP contribution in [0.4, 0.5) is 15.8 Å². The Labute approximate surface area is 150 Å². The molecule has 1 N–H and O–H groups in total. The molecule has 2 aliphatic rings. The van der Waals surface area contributed by atoms with E-state index in [0.717, 1.165) is 30.5 Å².